The summed E-state index contributed by atoms with van der Waals surface area (Å²) >= 11 is 0.859. The Morgan fingerprint density at radius 1 is 0.906 bits per heavy atom. The van der Waals surface area contributed by atoms with Crippen molar-refractivity contribution in [2.24, 2.45) is 0 Å². The quantitative estimate of drug-likeness (QED) is 0.459. The van der Waals surface area contributed by atoms with E-state index < -0.39 is 11.6 Å². The Labute approximate surface area is 190 Å². The third-order valence-corrected chi connectivity index (χ3v) is 6.98. The number of fused-ring (bicyclic) bond motifs is 4. The predicted molar refractivity (Wildman–Crippen MR) is 119 cm³/mol. The van der Waals surface area contributed by atoms with Gasteiger partial charge in [0.25, 0.3) is 0 Å². The van der Waals surface area contributed by atoms with Crippen molar-refractivity contribution in [3.8, 4) is 17.2 Å². The Hall–Kier alpha value is -2.77. The molecule has 0 amide bonds. The number of methoxy groups -OCH3 is 2. The molecule has 4 nitrogen and oxygen atoms in total. The molecule has 2 aliphatic rings. The highest BCUT2D eigenvalue weighted by atomic mass is 32.2. The Kier molecular flexibility index (Phi) is 5.69. The van der Waals surface area contributed by atoms with Gasteiger partial charge < -0.3 is 13.7 Å². The molecule has 1 atom stereocenters. The van der Waals surface area contributed by atoms with Gasteiger partial charge in [0.2, 0.25) is 0 Å². The highest BCUT2D eigenvalue weighted by Gasteiger charge is 2.33. The molecular weight excluding hydrogens is 432 g/mol. The second kappa shape index (κ2) is 8.64. The van der Waals surface area contributed by atoms with Crippen LogP contribution in [0.3, 0.4) is 0 Å². The van der Waals surface area contributed by atoms with Crippen LogP contribution in [0.25, 0.3) is 0 Å². The molecule has 0 bridgehead atoms. The fourth-order valence-electron chi connectivity index (χ4n) is 4.56. The van der Waals surface area contributed by atoms with E-state index in [4.69, 9.17) is 13.7 Å². The number of benzene rings is 3. The van der Waals surface area contributed by atoms with Crippen LogP contribution in [0.1, 0.15) is 28.3 Å². The van der Waals surface area contributed by atoms with Crippen molar-refractivity contribution < 1.29 is 22.4 Å². The molecule has 0 spiro atoms. The van der Waals surface area contributed by atoms with Crippen molar-refractivity contribution in [2.45, 2.75) is 30.3 Å². The smallest absolute Gasteiger partial charge is 0.179 e. The van der Waals surface area contributed by atoms with Crippen molar-refractivity contribution in [3.63, 3.8) is 0 Å². The van der Waals surface area contributed by atoms with Crippen LogP contribution < -0.4 is 13.7 Å². The molecule has 3 aromatic carbocycles. The topological polar surface area (TPSA) is 30.9 Å². The Balaban J connectivity index is 1.42. The molecule has 0 fully saturated rings. The van der Waals surface area contributed by atoms with Gasteiger partial charge in [-0.25, -0.2) is 8.78 Å². The van der Waals surface area contributed by atoms with Crippen molar-refractivity contribution in [2.75, 3.05) is 20.8 Å². The molecule has 0 aliphatic carbocycles. The van der Waals surface area contributed by atoms with E-state index in [1.165, 1.54) is 34.4 Å². The van der Waals surface area contributed by atoms with Gasteiger partial charge in [0, 0.05) is 25.2 Å². The molecule has 1 unspecified atom stereocenters. The second-order valence-corrected chi connectivity index (χ2v) is 8.79. The van der Waals surface area contributed by atoms with Gasteiger partial charge in [0.05, 0.1) is 31.2 Å². The first-order valence-corrected chi connectivity index (χ1v) is 11.2. The molecule has 7 heteroatoms. The van der Waals surface area contributed by atoms with E-state index in [1.54, 1.807) is 14.2 Å². The molecule has 0 N–H and O–H groups in total. The largest absolute Gasteiger partial charge is 0.497 e. The molecule has 5 rings (SSSR count). The molecule has 0 aromatic heterocycles. The first-order valence-electron chi connectivity index (χ1n) is 10.5. The predicted octanol–water partition coefficient (Wildman–Crippen LogP) is 5.72. The zero-order valence-corrected chi connectivity index (χ0v) is 18.7. The van der Waals surface area contributed by atoms with E-state index in [1.807, 2.05) is 18.2 Å². The van der Waals surface area contributed by atoms with Gasteiger partial charge >= 0.3 is 0 Å². The summed E-state index contributed by atoms with van der Waals surface area (Å²) in [6.45, 7) is 1.83. The van der Waals surface area contributed by atoms with Crippen molar-refractivity contribution in [3.05, 3.63) is 82.4 Å². The molecule has 0 saturated heterocycles. The van der Waals surface area contributed by atoms with E-state index in [9.17, 15) is 8.78 Å². The standard InChI is InChI=1S/C25H23F2NO3S/c1-29-19-4-5-20-15(9-19)7-8-28-14-17-12-23(30-2)24(11-16(17)10-22(20)28)31-32-25-6-3-18(26)13-21(25)27/h3-6,9,11-13,22H,7-8,10,14H2,1-2H3. The van der Waals surface area contributed by atoms with Crippen LogP contribution in [-0.2, 0) is 19.4 Å². The van der Waals surface area contributed by atoms with E-state index in [0.29, 0.717) is 17.5 Å². The summed E-state index contributed by atoms with van der Waals surface area (Å²) in [5.41, 5.74) is 5.07. The zero-order chi connectivity index (χ0) is 22.2. The van der Waals surface area contributed by atoms with E-state index in [0.717, 1.165) is 49.8 Å². The Morgan fingerprint density at radius 2 is 1.75 bits per heavy atom. The van der Waals surface area contributed by atoms with Crippen LogP contribution in [0.2, 0.25) is 0 Å². The maximum absolute atomic E-state index is 14.0. The number of halogens is 2. The van der Waals surface area contributed by atoms with Crippen LogP contribution in [0, 0.1) is 11.6 Å². The average molecular weight is 456 g/mol. The Morgan fingerprint density at radius 3 is 2.53 bits per heavy atom. The lowest BCUT2D eigenvalue weighted by atomic mass is 9.84. The Bertz CT molecular complexity index is 1170. The average Bonchev–Trinajstić information content (AvgIpc) is 2.81. The van der Waals surface area contributed by atoms with Crippen LogP contribution in [0.15, 0.2) is 53.4 Å². The molecule has 0 saturated carbocycles. The number of hydrogen-bond acceptors (Lipinski definition) is 5. The molecular formula is C25H23F2NO3S. The van der Waals surface area contributed by atoms with Crippen molar-refractivity contribution in [1.29, 1.82) is 0 Å². The van der Waals surface area contributed by atoms with Gasteiger partial charge in [0.1, 0.15) is 17.4 Å². The summed E-state index contributed by atoms with van der Waals surface area (Å²) in [5.74, 6) is 0.738. The van der Waals surface area contributed by atoms with E-state index in [2.05, 4.69) is 17.0 Å². The summed E-state index contributed by atoms with van der Waals surface area (Å²) in [6.07, 6.45) is 1.85. The third kappa shape index (κ3) is 3.91. The summed E-state index contributed by atoms with van der Waals surface area (Å²) in [6, 6.07) is 14.0. The van der Waals surface area contributed by atoms with Gasteiger partial charge in [-0.2, -0.15) is 0 Å². The highest BCUT2D eigenvalue weighted by Crippen LogP contribution is 2.43. The fraction of sp³-hybridized carbons (Fsp3) is 0.280. The van der Waals surface area contributed by atoms with Gasteiger partial charge in [-0.1, -0.05) is 6.07 Å². The molecule has 2 heterocycles. The first-order chi connectivity index (χ1) is 15.6. The number of rotatable bonds is 5. The molecule has 3 aromatic rings. The van der Waals surface area contributed by atoms with Gasteiger partial charge in [-0.15, -0.1) is 0 Å². The molecule has 166 valence electrons. The first kappa shape index (κ1) is 21.1. The van der Waals surface area contributed by atoms with E-state index >= 15 is 0 Å². The molecule has 0 radical (unpaired) electrons. The van der Waals surface area contributed by atoms with Crippen LogP contribution in [0.4, 0.5) is 8.78 Å². The SMILES string of the molecule is COc1ccc2c(c1)CCN1Cc3cc(OC)c(OSc4ccc(F)cc4F)cc3CC21. The van der Waals surface area contributed by atoms with Gasteiger partial charge in [-0.05, 0) is 71.5 Å². The van der Waals surface area contributed by atoms with Gasteiger partial charge in [-0.3, -0.25) is 4.90 Å². The fourth-order valence-corrected chi connectivity index (χ4v) is 5.13. The minimum Gasteiger partial charge on any atom is -0.497 e. The molecule has 2 aliphatic heterocycles. The number of ether oxygens (including phenoxy) is 2. The number of hydrogen-bond donors (Lipinski definition) is 0. The van der Waals surface area contributed by atoms with Crippen LogP contribution in [0.5, 0.6) is 17.2 Å². The summed E-state index contributed by atoms with van der Waals surface area (Å²) in [4.78, 5) is 2.72. The zero-order valence-electron chi connectivity index (χ0n) is 17.9. The lowest BCUT2D eigenvalue weighted by Gasteiger charge is -2.41. The normalized spacial score (nSPS) is 17.2. The highest BCUT2D eigenvalue weighted by molar-refractivity contribution is 7.95. The van der Waals surface area contributed by atoms with Gasteiger partial charge in [0.15, 0.2) is 11.5 Å². The monoisotopic (exact) mass is 455 g/mol. The maximum Gasteiger partial charge on any atom is 0.179 e. The second-order valence-electron chi connectivity index (χ2n) is 8.02. The van der Waals surface area contributed by atoms with Crippen molar-refractivity contribution in [1.82, 2.24) is 4.90 Å². The van der Waals surface area contributed by atoms with Crippen LogP contribution >= 0.6 is 12.0 Å². The lowest BCUT2D eigenvalue weighted by molar-refractivity contribution is 0.160. The molecule has 32 heavy (non-hydrogen) atoms. The van der Waals surface area contributed by atoms with Crippen LogP contribution in [-0.4, -0.2) is 25.7 Å². The summed E-state index contributed by atoms with van der Waals surface area (Å²) in [5, 5.41) is 0. The minimum absolute atomic E-state index is 0.215. The lowest BCUT2D eigenvalue weighted by Crippen LogP contribution is -2.39. The van der Waals surface area contributed by atoms with E-state index in [-0.39, 0.29) is 4.90 Å². The minimum atomic E-state index is -0.656. The third-order valence-electron chi connectivity index (χ3n) is 6.21. The maximum atomic E-state index is 14.0. The number of nitrogens with zero attached hydrogens (tertiary/aromatic N) is 1. The summed E-state index contributed by atoms with van der Waals surface area (Å²) < 4.78 is 44.0. The van der Waals surface area contributed by atoms with Crippen molar-refractivity contribution >= 4 is 12.0 Å². The summed E-state index contributed by atoms with van der Waals surface area (Å²) in [7, 11) is 3.28.